The van der Waals surface area contributed by atoms with E-state index in [0.29, 0.717) is 37.6 Å². The number of benzene rings is 1. The minimum absolute atomic E-state index is 0.138. The first-order valence-electron chi connectivity index (χ1n) is 6.76. The molecule has 0 atom stereocenters. The Morgan fingerprint density at radius 2 is 2.00 bits per heavy atom. The van der Waals surface area contributed by atoms with Gasteiger partial charge in [-0.1, -0.05) is 11.6 Å². The lowest BCUT2D eigenvalue weighted by atomic mass is 10.1. The maximum atomic E-state index is 12.7. The molecule has 1 spiro atoms. The predicted octanol–water partition coefficient (Wildman–Crippen LogP) is 1.45. The van der Waals surface area contributed by atoms with Gasteiger partial charge in [-0.05, 0) is 24.6 Å². The van der Waals surface area contributed by atoms with Crippen LogP contribution in [0.25, 0.3) is 0 Å². The van der Waals surface area contributed by atoms with Gasteiger partial charge in [0.2, 0.25) is 10.0 Å². The molecule has 0 aromatic heterocycles. The van der Waals surface area contributed by atoms with Crippen LogP contribution in [0.1, 0.15) is 12.8 Å². The number of hydrogen-bond acceptors (Lipinski definition) is 5. The molecule has 1 aromatic carbocycles. The molecule has 0 bridgehead atoms. The average Bonchev–Trinajstić information content (AvgIpc) is 2.89. The van der Waals surface area contributed by atoms with Crippen LogP contribution in [0.3, 0.4) is 0 Å². The van der Waals surface area contributed by atoms with Gasteiger partial charge in [0.1, 0.15) is 0 Å². The van der Waals surface area contributed by atoms with Crippen LogP contribution in [0.5, 0.6) is 0 Å². The van der Waals surface area contributed by atoms with Crippen molar-refractivity contribution in [3.05, 3.63) is 23.2 Å². The van der Waals surface area contributed by atoms with Crippen LogP contribution in [0, 0.1) is 0 Å². The summed E-state index contributed by atoms with van der Waals surface area (Å²) in [6, 6.07) is 4.34. The summed E-state index contributed by atoms with van der Waals surface area (Å²) in [5.74, 6) is -0.788. The summed E-state index contributed by atoms with van der Waals surface area (Å²) in [6.45, 7) is 1.65. The molecule has 6 nitrogen and oxygen atoms in total. The smallest absolute Gasteiger partial charge is 0.243 e. The van der Waals surface area contributed by atoms with Gasteiger partial charge >= 0.3 is 0 Å². The van der Waals surface area contributed by atoms with Crippen LogP contribution in [-0.4, -0.2) is 44.8 Å². The largest absolute Gasteiger partial charge is 0.397 e. The van der Waals surface area contributed by atoms with Gasteiger partial charge in [-0.25, -0.2) is 8.42 Å². The van der Waals surface area contributed by atoms with Gasteiger partial charge in [-0.2, -0.15) is 4.31 Å². The second-order valence-corrected chi connectivity index (χ2v) is 7.58. The maximum Gasteiger partial charge on any atom is 0.243 e. The monoisotopic (exact) mass is 332 g/mol. The molecule has 0 aliphatic carbocycles. The molecule has 2 fully saturated rings. The van der Waals surface area contributed by atoms with E-state index in [1.165, 1.54) is 22.5 Å². The third-order valence-electron chi connectivity index (χ3n) is 3.80. The van der Waals surface area contributed by atoms with Gasteiger partial charge in [0.25, 0.3) is 0 Å². The van der Waals surface area contributed by atoms with E-state index < -0.39 is 15.8 Å². The molecule has 21 heavy (non-hydrogen) atoms. The van der Waals surface area contributed by atoms with Crippen molar-refractivity contribution in [2.24, 2.45) is 0 Å². The van der Waals surface area contributed by atoms with Crippen LogP contribution in [0.2, 0.25) is 5.02 Å². The quantitative estimate of drug-likeness (QED) is 0.829. The molecule has 8 heteroatoms. The fourth-order valence-corrected chi connectivity index (χ4v) is 4.39. The van der Waals surface area contributed by atoms with E-state index in [1.807, 2.05) is 0 Å². The number of nitrogens with two attached hydrogens (primary N) is 1. The lowest BCUT2D eigenvalue weighted by Crippen LogP contribution is -2.50. The number of rotatable bonds is 2. The molecule has 0 amide bonds. The number of ether oxygens (including phenoxy) is 2. The van der Waals surface area contributed by atoms with E-state index in [4.69, 9.17) is 26.8 Å². The summed E-state index contributed by atoms with van der Waals surface area (Å²) in [6.07, 6.45) is 1.41. The summed E-state index contributed by atoms with van der Waals surface area (Å²) < 4.78 is 38.0. The fraction of sp³-hybridized carbons (Fsp3) is 0.538. The van der Waals surface area contributed by atoms with Gasteiger partial charge in [-0.15, -0.1) is 0 Å². The van der Waals surface area contributed by atoms with E-state index >= 15 is 0 Å². The first-order chi connectivity index (χ1) is 9.93. The van der Waals surface area contributed by atoms with E-state index in [9.17, 15) is 8.42 Å². The third kappa shape index (κ3) is 2.76. The summed E-state index contributed by atoms with van der Waals surface area (Å²) in [4.78, 5) is 0.138. The van der Waals surface area contributed by atoms with Crippen LogP contribution < -0.4 is 5.73 Å². The molecule has 3 rings (SSSR count). The molecule has 0 radical (unpaired) electrons. The summed E-state index contributed by atoms with van der Waals surface area (Å²) >= 11 is 5.84. The highest BCUT2D eigenvalue weighted by Crippen LogP contribution is 2.33. The molecule has 2 N–H and O–H groups in total. The van der Waals surface area contributed by atoms with Crippen molar-refractivity contribution in [2.75, 3.05) is 32.0 Å². The zero-order valence-electron chi connectivity index (χ0n) is 11.4. The molecular weight excluding hydrogens is 316 g/mol. The van der Waals surface area contributed by atoms with Crippen molar-refractivity contribution in [1.29, 1.82) is 0 Å². The Kier molecular flexibility index (Phi) is 3.87. The molecule has 2 aliphatic heterocycles. The van der Waals surface area contributed by atoms with Crippen LogP contribution in [0.4, 0.5) is 5.69 Å². The summed E-state index contributed by atoms with van der Waals surface area (Å²) in [5, 5.41) is 0.339. The van der Waals surface area contributed by atoms with Crippen LogP contribution >= 0.6 is 11.6 Å². The first kappa shape index (κ1) is 15.1. The Morgan fingerprint density at radius 3 is 2.67 bits per heavy atom. The number of nitrogen functional groups attached to an aromatic ring is 1. The summed E-state index contributed by atoms with van der Waals surface area (Å²) in [7, 11) is -3.63. The Morgan fingerprint density at radius 1 is 1.29 bits per heavy atom. The lowest BCUT2D eigenvalue weighted by molar-refractivity contribution is -0.179. The normalized spacial score (nSPS) is 22.7. The highest BCUT2D eigenvalue weighted by molar-refractivity contribution is 7.89. The minimum atomic E-state index is -3.63. The standard InChI is InChI=1S/C13H17ClN2O4S/c14-11-3-2-10(8-12(11)15)21(17,18)16-5-1-4-13(9-16)19-6-7-20-13/h2-3,8H,1,4-7,9,15H2. The molecule has 2 heterocycles. The van der Waals surface area contributed by atoms with Gasteiger partial charge < -0.3 is 15.2 Å². The number of sulfonamides is 1. The lowest BCUT2D eigenvalue weighted by Gasteiger charge is -2.37. The number of anilines is 1. The van der Waals surface area contributed by atoms with Crippen molar-refractivity contribution in [1.82, 2.24) is 4.31 Å². The predicted molar refractivity (Wildman–Crippen MR) is 78.5 cm³/mol. The second-order valence-electron chi connectivity index (χ2n) is 5.23. The maximum absolute atomic E-state index is 12.7. The Labute approximate surface area is 128 Å². The van der Waals surface area contributed by atoms with E-state index in [0.717, 1.165) is 0 Å². The number of halogens is 1. The Hall–Kier alpha value is -0.860. The number of piperidine rings is 1. The topological polar surface area (TPSA) is 81.9 Å². The zero-order valence-corrected chi connectivity index (χ0v) is 13.0. The number of nitrogens with zero attached hydrogens (tertiary/aromatic N) is 1. The molecule has 2 aliphatic rings. The molecule has 116 valence electrons. The Balaban J connectivity index is 1.88. The molecule has 0 saturated carbocycles. The molecule has 2 saturated heterocycles. The SMILES string of the molecule is Nc1cc(S(=O)(=O)N2CCCC3(C2)OCCO3)ccc1Cl. The van der Waals surface area contributed by atoms with Gasteiger partial charge in [0, 0.05) is 13.0 Å². The average molecular weight is 333 g/mol. The highest BCUT2D eigenvalue weighted by atomic mass is 35.5. The number of hydrogen-bond donors (Lipinski definition) is 1. The molecule has 1 aromatic rings. The van der Waals surface area contributed by atoms with Gasteiger partial charge in [-0.3, -0.25) is 0 Å². The van der Waals surface area contributed by atoms with Crippen LogP contribution in [-0.2, 0) is 19.5 Å². The third-order valence-corrected chi connectivity index (χ3v) is 5.99. The van der Waals surface area contributed by atoms with Crippen molar-refractivity contribution < 1.29 is 17.9 Å². The van der Waals surface area contributed by atoms with E-state index in [-0.39, 0.29) is 17.1 Å². The van der Waals surface area contributed by atoms with Crippen molar-refractivity contribution in [2.45, 2.75) is 23.5 Å². The van der Waals surface area contributed by atoms with Crippen molar-refractivity contribution in [3.8, 4) is 0 Å². The van der Waals surface area contributed by atoms with Crippen molar-refractivity contribution >= 4 is 27.3 Å². The van der Waals surface area contributed by atoms with E-state index in [1.54, 1.807) is 0 Å². The zero-order chi connectivity index (χ0) is 15.1. The van der Waals surface area contributed by atoms with Gasteiger partial charge in [0.15, 0.2) is 5.79 Å². The van der Waals surface area contributed by atoms with Crippen LogP contribution in [0.15, 0.2) is 23.1 Å². The van der Waals surface area contributed by atoms with Crippen molar-refractivity contribution in [3.63, 3.8) is 0 Å². The second kappa shape index (κ2) is 5.40. The van der Waals surface area contributed by atoms with E-state index in [2.05, 4.69) is 0 Å². The molecular formula is C13H17ClN2O4S. The minimum Gasteiger partial charge on any atom is -0.397 e. The first-order valence-corrected chi connectivity index (χ1v) is 8.58. The highest BCUT2D eigenvalue weighted by Gasteiger charge is 2.44. The summed E-state index contributed by atoms with van der Waals surface area (Å²) in [5.41, 5.74) is 5.95. The Bertz CT molecular complexity index is 644. The molecule has 0 unspecified atom stereocenters. The fourth-order valence-electron chi connectivity index (χ4n) is 2.72. The van der Waals surface area contributed by atoms with Gasteiger partial charge in [0.05, 0.1) is 35.4 Å².